The summed E-state index contributed by atoms with van der Waals surface area (Å²) in [5, 5.41) is 8.90. The summed E-state index contributed by atoms with van der Waals surface area (Å²) >= 11 is 0. The largest absolute Gasteiger partial charge is 0.481 e. The first-order chi connectivity index (χ1) is 11.7. The van der Waals surface area contributed by atoms with Crippen molar-refractivity contribution in [2.24, 2.45) is 0 Å². The van der Waals surface area contributed by atoms with Crippen molar-refractivity contribution >= 4 is 11.9 Å². The molecule has 0 aliphatic carbocycles. The maximum Gasteiger partial charge on any atom is 0.461 e. The van der Waals surface area contributed by atoms with Crippen LogP contribution in [0, 0.1) is 0 Å². The van der Waals surface area contributed by atoms with Gasteiger partial charge in [-0.3, -0.25) is 9.59 Å². The molecule has 0 bridgehead atoms. The lowest BCUT2D eigenvalue weighted by atomic mass is 10.1. The first-order valence-corrected chi connectivity index (χ1v) is 7.27. The van der Waals surface area contributed by atoms with Crippen LogP contribution in [0.15, 0.2) is 24.3 Å². The van der Waals surface area contributed by atoms with Crippen molar-refractivity contribution < 1.29 is 41.7 Å². The van der Waals surface area contributed by atoms with Crippen LogP contribution < -0.4 is 4.74 Å². The number of rotatable bonds is 6. The highest BCUT2D eigenvalue weighted by molar-refractivity contribution is 5.97. The number of morpholine rings is 1. The summed E-state index contributed by atoms with van der Waals surface area (Å²) < 4.78 is 60.2. The Kier molecular flexibility index (Phi) is 5.83. The molecule has 0 radical (unpaired) electrons. The van der Waals surface area contributed by atoms with Crippen LogP contribution in [-0.4, -0.2) is 60.2 Å². The molecule has 1 saturated heterocycles. The summed E-state index contributed by atoms with van der Waals surface area (Å²) in [6, 6.07) is 3.92. The molecule has 0 spiro atoms. The van der Waals surface area contributed by atoms with E-state index in [9.17, 15) is 27.2 Å². The van der Waals surface area contributed by atoms with Gasteiger partial charge in [0, 0.05) is 6.54 Å². The summed E-state index contributed by atoms with van der Waals surface area (Å²) in [4.78, 5) is 24.7. The van der Waals surface area contributed by atoms with Crippen molar-refractivity contribution in [2.75, 3.05) is 19.8 Å². The molecule has 1 aromatic rings. The number of carboxylic acids is 1. The van der Waals surface area contributed by atoms with E-state index < -0.39 is 42.6 Å². The molecule has 1 aromatic carbocycles. The number of carboxylic acid groups (broad SMARTS) is 1. The molecule has 1 aliphatic rings. The molecule has 1 atom stereocenters. The lowest BCUT2D eigenvalue weighted by Crippen LogP contribution is -2.49. The summed E-state index contributed by atoms with van der Waals surface area (Å²) in [5.74, 6) is -2.67. The number of amides is 1. The van der Waals surface area contributed by atoms with Gasteiger partial charge < -0.3 is 19.5 Å². The quantitative estimate of drug-likeness (QED) is 0.783. The third-order valence-corrected chi connectivity index (χ3v) is 3.52. The van der Waals surface area contributed by atoms with Crippen LogP contribution in [0.2, 0.25) is 0 Å². The van der Waals surface area contributed by atoms with Crippen molar-refractivity contribution in [3.05, 3.63) is 29.8 Å². The minimum absolute atomic E-state index is 0.0335. The maximum atomic E-state index is 13.2. The fourth-order valence-electron chi connectivity index (χ4n) is 2.37. The smallest absolute Gasteiger partial charge is 0.461 e. The summed E-state index contributed by atoms with van der Waals surface area (Å²) in [6.07, 6.45) is -9.23. The molecule has 1 heterocycles. The second-order valence-electron chi connectivity index (χ2n) is 5.29. The standard InChI is InChI=1S/C15H15F4NO5/c16-14(17)15(18,19)25-11-4-2-1-3-10(11)13(23)20-5-6-24-8-9(20)7-12(21)22/h1-4,9,14H,5-8H2,(H,21,22)/t9-/m1/s1. The predicted octanol–water partition coefficient (Wildman–Crippen LogP) is 2.24. The molecule has 2 rings (SSSR count). The number of benzene rings is 1. The average Bonchev–Trinajstić information content (AvgIpc) is 2.54. The number of alkyl halides is 4. The van der Waals surface area contributed by atoms with Crippen LogP contribution >= 0.6 is 0 Å². The molecule has 138 valence electrons. The highest BCUT2D eigenvalue weighted by atomic mass is 19.3. The normalized spacial score (nSPS) is 18.3. The van der Waals surface area contributed by atoms with Gasteiger partial charge >= 0.3 is 18.5 Å². The number of halogens is 4. The van der Waals surface area contributed by atoms with E-state index in [2.05, 4.69) is 4.74 Å². The number of para-hydroxylation sites is 1. The molecular formula is C15H15F4NO5. The van der Waals surface area contributed by atoms with Gasteiger partial charge in [0.05, 0.1) is 31.2 Å². The number of nitrogens with zero attached hydrogens (tertiary/aromatic N) is 1. The van der Waals surface area contributed by atoms with E-state index >= 15 is 0 Å². The Balaban J connectivity index is 2.28. The number of aliphatic carboxylic acids is 1. The lowest BCUT2D eigenvalue weighted by molar-refractivity contribution is -0.253. The first-order valence-electron chi connectivity index (χ1n) is 7.27. The number of carbonyl (C=O) groups excluding carboxylic acids is 1. The lowest BCUT2D eigenvalue weighted by Gasteiger charge is -2.35. The van der Waals surface area contributed by atoms with Crippen LogP contribution in [0.5, 0.6) is 5.75 Å². The van der Waals surface area contributed by atoms with E-state index in [1.165, 1.54) is 12.1 Å². The molecule has 25 heavy (non-hydrogen) atoms. The minimum Gasteiger partial charge on any atom is -0.481 e. The molecular weight excluding hydrogens is 350 g/mol. The van der Waals surface area contributed by atoms with E-state index in [0.717, 1.165) is 17.0 Å². The maximum absolute atomic E-state index is 13.2. The van der Waals surface area contributed by atoms with Crippen molar-refractivity contribution in [3.8, 4) is 5.75 Å². The molecule has 1 amide bonds. The van der Waals surface area contributed by atoms with E-state index in [1.54, 1.807) is 0 Å². The molecule has 6 nitrogen and oxygen atoms in total. The fourth-order valence-corrected chi connectivity index (χ4v) is 2.37. The Morgan fingerprint density at radius 3 is 2.68 bits per heavy atom. The SMILES string of the molecule is O=C(O)C[C@@H]1COCCN1C(=O)c1ccccc1OC(F)(F)C(F)F. The van der Waals surface area contributed by atoms with Crippen LogP contribution in [-0.2, 0) is 9.53 Å². The zero-order chi connectivity index (χ0) is 18.6. The third kappa shape index (κ3) is 4.59. The van der Waals surface area contributed by atoms with Gasteiger partial charge in [-0.25, -0.2) is 0 Å². The number of carbonyl (C=O) groups is 2. The number of hydrogen-bond donors (Lipinski definition) is 1. The molecule has 0 unspecified atom stereocenters. The van der Waals surface area contributed by atoms with Crippen molar-refractivity contribution in [1.82, 2.24) is 4.90 Å². The fraction of sp³-hybridized carbons (Fsp3) is 0.467. The van der Waals surface area contributed by atoms with Crippen molar-refractivity contribution in [3.63, 3.8) is 0 Å². The van der Waals surface area contributed by atoms with Crippen molar-refractivity contribution in [2.45, 2.75) is 25.0 Å². The van der Waals surface area contributed by atoms with Crippen LogP contribution in [0.3, 0.4) is 0 Å². The van der Waals surface area contributed by atoms with Gasteiger partial charge in [0.2, 0.25) is 0 Å². The highest BCUT2D eigenvalue weighted by Crippen LogP contribution is 2.31. The van der Waals surface area contributed by atoms with Crippen LogP contribution in [0.25, 0.3) is 0 Å². The third-order valence-electron chi connectivity index (χ3n) is 3.52. The van der Waals surface area contributed by atoms with E-state index in [1.807, 2.05) is 0 Å². The van der Waals surface area contributed by atoms with Gasteiger partial charge in [-0.15, -0.1) is 0 Å². The monoisotopic (exact) mass is 365 g/mol. The second kappa shape index (κ2) is 7.68. The Bertz CT molecular complexity index is 640. The Hall–Kier alpha value is -2.36. The Labute approximate surface area is 139 Å². The molecule has 1 aliphatic heterocycles. The van der Waals surface area contributed by atoms with Gasteiger partial charge in [-0.05, 0) is 12.1 Å². The Morgan fingerprint density at radius 2 is 2.04 bits per heavy atom. The average molecular weight is 365 g/mol. The molecule has 0 saturated carbocycles. The molecule has 1 N–H and O–H groups in total. The van der Waals surface area contributed by atoms with E-state index in [4.69, 9.17) is 9.84 Å². The second-order valence-corrected chi connectivity index (χ2v) is 5.29. The van der Waals surface area contributed by atoms with Gasteiger partial charge in [0.15, 0.2) is 0 Å². The summed E-state index contributed by atoms with van der Waals surface area (Å²) in [7, 11) is 0. The minimum atomic E-state index is -4.76. The topological polar surface area (TPSA) is 76.1 Å². The summed E-state index contributed by atoms with van der Waals surface area (Å²) in [6.45, 7) is 0.142. The number of ether oxygens (including phenoxy) is 2. The van der Waals surface area contributed by atoms with Crippen molar-refractivity contribution in [1.29, 1.82) is 0 Å². The van der Waals surface area contributed by atoms with E-state index in [0.29, 0.717) is 0 Å². The zero-order valence-electron chi connectivity index (χ0n) is 12.8. The van der Waals surface area contributed by atoms with Gasteiger partial charge in [-0.1, -0.05) is 12.1 Å². The van der Waals surface area contributed by atoms with Gasteiger partial charge in [0.1, 0.15) is 5.75 Å². The van der Waals surface area contributed by atoms with Gasteiger partial charge in [0.25, 0.3) is 5.91 Å². The Morgan fingerprint density at radius 1 is 1.36 bits per heavy atom. The molecule has 1 fully saturated rings. The molecule has 0 aromatic heterocycles. The van der Waals surface area contributed by atoms with E-state index in [-0.39, 0.29) is 25.3 Å². The predicted molar refractivity (Wildman–Crippen MR) is 75.9 cm³/mol. The molecule has 10 heteroatoms. The highest BCUT2D eigenvalue weighted by Gasteiger charge is 2.45. The summed E-state index contributed by atoms with van der Waals surface area (Å²) in [5.41, 5.74) is -0.361. The first kappa shape index (κ1) is 19.0. The zero-order valence-corrected chi connectivity index (χ0v) is 12.8. The number of hydrogen-bond acceptors (Lipinski definition) is 4. The van der Waals surface area contributed by atoms with Crippen LogP contribution in [0.1, 0.15) is 16.8 Å². The van der Waals surface area contributed by atoms with Crippen LogP contribution in [0.4, 0.5) is 17.6 Å². The van der Waals surface area contributed by atoms with Gasteiger partial charge in [-0.2, -0.15) is 17.6 Å².